The third kappa shape index (κ3) is 5.67. The lowest BCUT2D eigenvalue weighted by Crippen LogP contribution is -1.98. The van der Waals surface area contributed by atoms with Gasteiger partial charge >= 0.3 is 0 Å². The van der Waals surface area contributed by atoms with Crippen LogP contribution < -0.4 is 0 Å². The van der Waals surface area contributed by atoms with Crippen LogP contribution in [0.1, 0.15) is 16.8 Å². The number of hydrogen-bond donors (Lipinski definition) is 1. The molecule has 6 heteroatoms. The topological polar surface area (TPSA) is 80.4 Å². The maximum Gasteiger partial charge on any atom is 0.270 e. The van der Waals surface area contributed by atoms with Crippen LogP contribution in [0.3, 0.4) is 0 Å². The zero-order valence-corrected chi connectivity index (χ0v) is 11.1. The minimum atomic E-state index is -0.516. The number of nitro benzene ring substituents is 1. The van der Waals surface area contributed by atoms with Crippen LogP contribution in [-0.4, -0.2) is 33.9 Å². The molecular weight excluding hydrogens is 266 g/mol. The highest BCUT2D eigenvalue weighted by atomic mass is 32.2. The fourth-order valence-corrected chi connectivity index (χ4v) is 1.95. The lowest BCUT2D eigenvalue weighted by atomic mass is 10.1. The molecule has 0 unspecified atom stereocenters. The van der Waals surface area contributed by atoms with Gasteiger partial charge in [0.05, 0.1) is 11.5 Å². The highest BCUT2D eigenvalue weighted by Crippen LogP contribution is 2.14. The third-order valence-corrected chi connectivity index (χ3v) is 3.20. The molecule has 0 aliphatic carbocycles. The van der Waals surface area contributed by atoms with Crippen LogP contribution in [0, 0.1) is 10.1 Å². The second-order valence-corrected chi connectivity index (χ2v) is 4.85. The van der Waals surface area contributed by atoms with E-state index < -0.39 is 4.92 Å². The Kier molecular flexibility index (Phi) is 6.84. The molecule has 0 aliphatic rings. The summed E-state index contributed by atoms with van der Waals surface area (Å²) in [6.45, 7) is 0.144. The van der Waals surface area contributed by atoms with Crippen molar-refractivity contribution in [3.8, 4) is 0 Å². The fourth-order valence-electron chi connectivity index (χ4n) is 1.39. The Morgan fingerprint density at radius 2 is 2.21 bits per heavy atom. The van der Waals surface area contributed by atoms with Gasteiger partial charge in [0.1, 0.15) is 0 Å². The van der Waals surface area contributed by atoms with Crippen molar-refractivity contribution in [1.82, 2.24) is 0 Å². The van der Waals surface area contributed by atoms with Gasteiger partial charge in [-0.25, -0.2) is 0 Å². The SMILES string of the molecule is O=C(C/C=C/CSCCO)c1cccc([N+](=O)[O-])c1. The number of ketones is 1. The Balaban J connectivity index is 2.49. The molecular formula is C13H15NO4S. The number of hydrogen-bond acceptors (Lipinski definition) is 5. The average molecular weight is 281 g/mol. The number of allylic oxidation sites excluding steroid dienone is 1. The average Bonchev–Trinajstić information content (AvgIpc) is 2.42. The number of nitro groups is 1. The number of Topliss-reactive ketones (excluding diaryl/α,β-unsaturated/α-hetero) is 1. The van der Waals surface area contributed by atoms with Crippen LogP contribution in [0.5, 0.6) is 0 Å². The lowest BCUT2D eigenvalue weighted by molar-refractivity contribution is -0.384. The molecule has 102 valence electrons. The van der Waals surface area contributed by atoms with Crippen molar-refractivity contribution >= 4 is 23.2 Å². The van der Waals surface area contributed by atoms with E-state index in [2.05, 4.69) is 0 Å². The van der Waals surface area contributed by atoms with Gasteiger partial charge in [0, 0.05) is 35.6 Å². The van der Waals surface area contributed by atoms with Crippen molar-refractivity contribution in [3.05, 3.63) is 52.1 Å². The molecule has 0 aliphatic heterocycles. The summed E-state index contributed by atoms with van der Waals surface area (Å²) in [5, 5.41) is 19.2. The first-order valence-electron chi connectivity index (χ1n) is 5.76. The molecule has 0 bridgehead atoms. The van der Waals surface area contributed by atoms with Gasteiger partial charge in [-0.3, -0.25) is 14.9 Å². The molecule has 0 atom stereocenters. The van der Waals surface area contributed by atoms with E-state index in [9.17, 15) is 14.9 Å². The molecule has 1 rings (SSSR count). The second-order valence-electron chi connectivity index (χ2n) is 3.70. The van der Waals surface area contributed by atoms with E-state index in [1.54, 1.807) is 23.9 Å². The van der Waals surface area contributed by atoms with Crippen molar-refractivity contribution < 1.29 is 14.8 Å². The summed E-state index contributed by atoms with van der Waals surface area (Å²) in [7, 11) is 0. The zero-order chi connectivity index (χ0) is 14.1. The van der Waals surface area contributed by atoms with Crippen LogP contribution >= 0.6 is 11.8 Å². The number of benzene rings is 1. The molecule has 0 saturated heterocycles. The first-order valence-corrected chi connectivity index (χ1v) is 6.92. The van der Waals surface area contributed by atoms with Crippen LogP contribution in [0.2, 0.25) is 0 Å². The molecule has 0 saturated carbocycles. The van der Waals surface area contributed by atoms with Gasteiger partial charge in [-0.2, -0.15) is 11.8 Å². The smallest absolute Gasteiger partial charge is 0.270 e. The molecule has 19 heavy (non-hydrogen) atoms. The number of rotatable bonds is 8. The minimum Gasteiger partial charge on any atom is -0.396 e. The van der Waals surface area contributed by atoms with Crippen LogP contribution in [0.15, 0.2) is 36.4 Å². The standard InChI is InChI=1S/C13H15NO4S/c15-7-9-19-8-2-1-6-13(16)11-4-3-5-12(10-11)14(17)18/h1-5,10,15H,6-9H2/b2-1+. The zero-order valence-electron chi connectivity index (χ0n) is 10.3. The molecule has 0 radical (unpaired) electrons. The van der Waals surface area contributed by atoms with Gasteiger partial charge in [0.2, 0.25) is 0 Å². The third-order valence-electron chi connectivity index (χ3n) is 2.30. The van der Waals surface area contributed by atoms with Crippen molar-refractivity contribution in [2.24, 2.45) is 0 Å². The number of carbonyl (C=O) groups is 1. The predicted molar refractivity (Wildman–Crippen MR) is 75.6 cm³/mol. The summed E-state index contributed by atoms with van der Waals surface area (Å²) in [6.07, 6.45) is 3.82. The summed E-state index contributed by atoms with van der Waals surface area (Å²) >= 11 is 1.57. The van der Waals surface area contributed by atoms with Crippen LogP contribution in [-0.2, 0) is 0 Å². The lowest BCUT2D eigenvalue weighted by Gasteiger charge is -1.98. The Hall–Kier alpha value is -1.66. The van der Waals surface area contributed by atoms with Gasteiger partial charge in [-0.1, -0.05) is 24.3 Å². The molecule has 0 aromatic heterocycles. The molecule has 0 heterocycles. The number of aliphatic hydroxyl groups is 1. The van der Waals surface area contributed by atoms with E-state index >= 15 is 0 Å². The highest BCUT2D eigenvalue weighted by Gasteiger charge is 2.09. The summed E-state index contributed by atoms with van der Waals surface area (Å²) in [5.41, 5.74) is 0.273. The summed E-state index contributed by atoms with van der Waals surface area (Å²) in [4.78, 5) is 21.9. The van der Waals surface area contributed by atoms with Crippen molar-refractivity contribution in [3.63, 3.8) is 0 Å². The summed E-state index contributed by atoms with van der Waals surface area (Å²) in [5.74, 6) is 1.26. The summed E-state index contributed by atoms with van der Waals surface area (Å²) < 4.78 is 0. The number of nitrogens with zero attached hydrogens (tertiary/aromatic N) is 1. The maximum atomic E-state index is 11.8. The van der Waals surface area contributed by atoms with Crippen molar-refractivity contribution in [2.45, 2.75) is 6.42 Å². The predicted octanol–water partition coefficient (Wildman–Crippen LogP) is 2.45. The Bertz CT molecular complexity index is 473. The van der Waals surface area contributed by atoms with Gasteiger partial charge < -0.3 is 5.11 Å². The normalized spacial score (nSPS) is 10.8. The Morgan fingerprint density at radius 1 is 1.42 bits per heavy atom. The van der Waals surface area contributed by atoms with E-state index in [-0.39, 0.29) is 24.5 Å². The first-order chi connectivity index (χ1) is 9.15. The monoisotopic (exact) mass is 281 g/mol. The Morgan fingerprint density at radius 3 is 2.89 bits per heavy atom. The molecule has 1 N–H and O–H groups in total. The number of carbonyl (C=O) groups excluding carboxylic acids is 1. The van der Waals surface area contributed by atoms with Gasteiger partial charge in [0.25, 0.3) is 5.69 Å². The van der Waals surface area contributed by atoms with Crippen LogP contribution in [0.25, 0.3) is 0 Å². The molecule has 5 nitrogen and oxygen atoms in total. The van der Waals surface area contributed by atoms with Crippen LogP contribution in [0.4, 0.5) is 5.69 Å². The van der Waals surface area contributed by atoms with E-state index in [1.165, 1.54) is 18.2 Å². The van der Waals surface area contributed by atoms with Gasteiger partial charge in [-0.15, -0.1) is 0 Å². The highest BCUT2D eigenvalue weighted by molar-refractivity contribution is 7.99. The second kappa shape index (κ2) is 8.44. The molecule has 1 aromatic rings. The van der Waals surface area contributed by atoms with Gasteiger partial charge in [-0.05, 0) is 0 Å². The quantitative estimate of drug-likeness (QED) is 0.260. The van der Waals surface area contributed by atoms with E-state index in [0.717, 1.165) is 5.75 Å². The minimum absolute atomic E-state index is 0.0756. The first kappa shape index (κ1) is 15.4. The van der Waals surface area contributed by atoms with Crippen molar-refractivity contribution in [1.29, 1.82) is 0 Å². The molecule has 1 aromatic carbocycles. The fraction of sp³-hybridized carbons (Fsp3) is 0.308. The van der Waals surface area contributed by atoms with Gasteiger partial charge in [0.15, 0.2) is 5.78 Å². The van der Waals surface area contributed by atoms with E-state index in [0.29, 0.717) is 11.3 Å². The Labute approximate surface area is 115 Å². The number of aliphatic hydroxyl groups excluding tert-OH is 1. The molecule has 0 spiro atoms. The molecule has 0 fully saturated rings. The largest absolute Gasteiger partial charge is 0.396 e. The number of thioether (sulfide) groups is 1. The maximum absolute atomic E-state index is 11.8. The van der Waals surface area contributed by atoms with E-state index in [1.807, 2.05) is 6.08 Å². The summed E-state index contributed by atoms with van der Waals surface area (Å²) in [6, 6.07) is 5.73. The number of non-ortho nitro benzene ring substituents is 1. The van der Waals surface area contributed by atoms with Crippen molar-refractivity contribution in [2.75, 3.05) is 18.1 Å². The van der Waals surface area contributed by atoms with E-state index in [4.69, 9.17) is 5.11 Å². The molecule has 0 amide bonds.